The van der Waals surface area contributed by atoms with Crippen LogP contribution in [0.25, 0.3) is 17.2 Å². The van der Waals surface area contributed by atoms with Gasteiger partial charge in [0.25, 0.3) is 0 Å². The third-order valence-electron chi connectivity index (χ3n) is 5.84. The molecule has 0 aliphatic carbocycles. The molecule has 1 aliphatic rings. The van der Waals surface area contributed by atoms with E-state index in [1.807, 2.05) is 6.07 Å². The normalized spacial score (nSPS) is 13.6. The predicted octanol–water partition coefficient (Wildman–Crippen LogP) is 6.06. The molecule has 0 spiro atoms. The zero-order chi connectivity index (χ0) is 24.4. The third-order valence-corrected chi connectivity index (χ3v) is 6.82. The highest BCUT2D eigenvalue weighted by Crippen LogP contribution is 2.37. The molecule has 0 unspecified atom stereocenters. The summed E-state index contributed by atoms with van der Waals surface area (Å²) in [6.45, 7) is 2.82. The summed E-state index contributed by atoms with van der Waals surface area (Å²) in [5.41, 5.74) is 6.64. The molecule has 3 heterocycles. The summed E-state index contributed by atoms with van der Waals surface area (Å²) in [7, 11) is 1.56. The van der Waals surface area contributed by atoms with Gasteiger partial charge in [0.15, 0.2) is 0 Å². The number of aromatic nitrogens is 4. The number of fused-ring (bicyclic) bond motifs is 1. The highest BCUT2D eigenvalue weighted by atomic mass is 127. The first-order valence-electron chi connectivity index (χ1n) is 11.0. The Kier molecular flexibility index (Phi) is 6.83. The lowest BCUT2D eigenvalue weighted by Crippen LogP contribution is -2.35. The van der Waals surface area contributed by atoms with Crippen molar-refractivity contribution < 1.29 is 4.74 Å². The summed E-state index contributed by atoms with van der Waals surface area (Å²) >= 11 is 8.28. The summed E-state index contributed by atoms with van der Waals surface area (Å²) in [5, 5.41) is 3.74. The molecule has 0 saturated carbocycles. The zero-order valence-corrected chi connectivity index (χ0v) is 22.0. The second-order valence-corrected chi connectivity index (χ2v) is 9.52. The first-order valence-corrected chi connectivity index (χ1v) is 12.5. The van der Waals surface area contributed by atoms with Crippen molar-refractivity contribution in [3.05, 3.63) is 92.8 Å². The molecule has 5 rings (SSSR count). The molecule has 0 bridgehead atoms. The van der Waals surface area contributed by atoms with E-state index >= 15 is 0 Å². The third kappa shape index (κ3) is 4.94. The van der Waals surface area contributed by atoms with E-state index in [1.165, 1.54) is 5.56 Å². The van der Waals surface area contributed by atoms with Crippen molar-refractivity contribution in [1.29, 1.82) is 0 Å². The van der Waals surface area contributed by atoms with Gasteiger partial charge in [0.05, 0.1) is 16.7 Å². The first-order chi connectivity index (χ1) is 17.0. The molecule has 2 aromatic carbocycles. The number of hydrogen-bond acceptors (Lipinski definition) is 7. The minimum absolute atomic E-state index is 0.0455. The molecular weight excluding hydrogens is 575 g/mol. The Morgan fingerprint density at radius 1 is 1.03 bits per heavy atom. The van der Waals surface area contributed by atoms with E-state index in [2.05, 4.69) is 108 Å². The number of rotatable bonds is 6. The largest absolute Gasteiger partial charge is 0.467 e. The van der Waals surface area contributed by atoms with E-state index in [1.54, 1.807) is 25.7 Å². The minimum atomic E-state index is -0.0455. The summed E-state index contributed by atoms with van der Waals surface area (Å²) in [4.78, 5) is 19.4. The van der Waals surface area contributed by atoms with Crippen LogP contribution in [0.4, 0.5) is 11.5 Å². The summed E-state index contributed by atoms with van der Waals surface area (Å²) in [6.07, 6.45) is 7.55. The Morgan fingerprint density at radius 3 is 2.54 bits per heavy atom. The van der Waals surface area contributed by atoms with Crippen molar-refractivity contribution in [1.82, 2.24) is 19.9 Å². The van der Waals surface area contributed by atoms with Crippen LogP contribution < -0.4 is 15.0 Å². The van der Waals surface area contributed by atoms with Crippen molar-refractivity contribution in [2.24, 2.45) is 0 Å². The van der Waals surface area contributed by atoms with Crippen LogP contribution in [0, 0.1) is 3.57 Å². The summed E-state index contributed by atoms with van der Waals surface area (Å²) in [5.74, 6) is 0.710. The van der Waals surface area contributed by atoms with Crippen LogP contribution in [0.3, 0.4) is 0 Å². The molecule has 1 aliphatic heterocycles. The van der Waals surface area contributed by atoms with Gasteiger partial charge in [-0.05, 0) is 76.0 Å². The van der Waals surface area contributed by atoms with Gasteiger partial charge in [-0.15, -0.1) is 0 Å². The quantitative estimate of drug-likeness (QED) is 0.214. The zero-order valence-electron chi connectivity index (χ0n) is 19.1. The van der Waals surface area contributed by atoms with E-state index < -0.39 is 0 Å². The molecule has 0 fully saturated rings. The van der Waals surface area contributed by atoms with Crippen LogP contribution in [0.15, 0.2) is 72.8 Å². The maximum absolute atomic E-state index is 6.06. The highest BCUT2D eigenvalue weighted by Gasteiger charge is 2.26. The van der Waals surface area contributed by atoms with Gasteiger partial charge in [-0.25, -0.2) is 15.0 Å². The van der Waals surface area contributed by atoms with Crippen molar-refractivity contribution in [3.8, 4) is 17.1 Å². The van der Waals surface area contributed by atoms with E-state index in [0.717, 1.165) is 31.6 Å². The topological polar surface area (TPSA) is 76.1 Å². The van der Waals surface area contributed by atoms with Gasteiger partial charge in [-0.3, -0.25) is 0 Å². The molecule has 2 aromatic heterocycles. The number of nitrogens with zero attached hydrogens (tertiary/aromatic N) is 5. The average Bonchev–Trinajstić information content (AvgIpc) is 2.90. The molecule has 1 N–H and O–H groups in total. The lowest BCUT2D eigenvalue weighted by molar-refractivity contribution is 0.380. The highest BCUT2D eigenvalue weighted by molar-refractivity contribution is 14.1. The Balaban J connectivity index is 1.58. The van der Waals surface area contributed by atoms with Crippen molar-refractivity contribution >= 4 is 51.8 Å². The maximum Gasteiger partial charge on any atom is 0.316 e. The van der Waals surface area contributed by atoms with Gasteiger partial charge >= 0.3 is 6.01 Å². The first kappa shape index (κ1) is 23.5. The molecule has 1 atom stereocenters. The molecule has 9 heteroatoms. The van der Waals surface area contributed by atoms with E-state index in [9.17, 15) is 0 Å². The lowest BCUT2D eigenvalue weighted by Gasteiger charge is -2.36. The van der Waals surface area contributed by atoms with E-state index in [0.29, 0.717) is 18.4 Å². The Bertz CT molecular complexity index is 1380. The molecule has 0 amide bonds. The molecule has 0 radical (unpaired) electrons. The van der Waals surface area contributed by atoms with Crippen LogP contribution in [-0.2, 0) is 6.54 Å². The van der Waals surface area contributed by atoms with Gasteiger partial charge in [-0.1, -0.05) is 36.4 Å². The average molecular weight is 597 g/mol. The van der Waals surface area contributed by atoms with Gasteiger partial charge in [0.1, 0.15) is 5.82 Å². The molecule has 176 valence electrons. The van der Waals surface area contributed by atoms with Gasteiger partial charge < -0.3 is 15.0 Å². The number of benzene rings is 2. The number of nitrogens with one attached hydrogen (secondary N) is 1. The van der Waals surface area contributed by atoms with Gasteiger partial charge in [0.2, 0.25) is 5.28 Å². The molecule has 4 aromatic rings. The molecule has 0 saturated heterocycles. The van der Waals surface area contributed by atoms with Crippen molar-refractivity contribution in [2.75, 3.05) is 17.3 Å². The van der Waals surface area contributed by atoms with Crippen molar-refractivity contribution in [3.63, 3.8) is 0 Å². The second kappa shape index (κ2) is 10.2. The van der Waals surface area contributed by atoms with E-state index in [-0.39, 0.29) is 11.3 Å². The standard InChI is InChI=1S/C26H22ClIN6O/c1-16(32-24-22(28)14-29-25(27)33-24)23-11-17-7-6-10-20(18-12-30-26(35-2)31-13-18)21(17)15-34(23)19-8-4-3-5-9-19/h3-14,16H,15H2,1-2H3,(H,29,32,33)/t16-/m0/s1. The fraction of sp³-hybridized carbons (Fsp3) is 0.154. The minimum Gasteiger partial charge on any atom is -0.467 e. The lowest BCUT2D eigenvalue weighted by atomic mass is 9.91. The van der Waals surface area contributed by atoms with Crippen LogP contribution in [0.2, 0.25) is 5.28 Å². The van der Waals surface area contributed by atoms with Gasteiger partial charge in [-0.2, -0.15) is 4.98 Å². The fourth-order valence-electron chi connectivity index (χ4n) is 4.17. The molecular formula is C26H22ClIN6O. The number of halogens is 2. The monoisotopic (exact) mass is 596 g/mol. The maximum atomic E-state index is 6.06. The van der Waals surface area contributed by atoms with Crippen LogP contribution in [0.5, 0.6) is 6.01 Å². The number of hydrogen-bond donors (Lipinski definition) is 1. The Hall–Kier alpha value is -3.24. The van der Waals surface area contributed by atoms with E-state index in [4.69, 9.17) is 16.3 Å². The van der Waals surface area contributed by atoms with Crippen LogP contribution >= 0.6 is 34.2 Å². The SMILES string of the molecule is COc1ncc(-c2cccc3c2CN(c2ccccc2)C([C@H](C)Nc2nc(Cl)ncc2I)=C3)cn1. The number of ether oxygens (including phenoxy) is 1. The Morgan fingerprint density at radius 2 is 1.80 bits per heavy atom. The summed E-state index contributed by atoms with van der Waals surface area (Å²) in [6, 6.07) is 17.0. The smallest absolute Gasteiger partial charge is 0.316 e. The number of para-hydroxylation sites is 1. The van der Waals surface area contributed by atoms with Crippen LogP contribution in [-0.4, -0.2) is 33.1 Å². The summed E-state index contributed by atoms with van der Waals surface area (Å²) < 4.78 is 6.04. The molecule has 35 heavy (non-hydrogen) atoms. The van der Waals surface area contributed by atoms with Crippen molar-refractivity contribution in [2.45, 2.75) is 19.5 Å². The molecule has 7 nitrogen and oxygen atoms in total. The predicted molar refractivity (Wildman–Crippen MR) is 147 cm³/mol. The number of anilines is 2. The van der Waals surface area contributed by atoms with Gasteiger partial charge in [0, 0.05) is 42.1 Å². The number of methoxy groups -OCH3 is 1. The fourth-order valence-corrected chi connectivity index (χ4v) is 4.72. The second-order valence-electron chi connectivity index (χ2n) is 8.02. The Labute approximate surface area is 222 Å². The van der Waals surface area contributed by atoms with Crippen LogP contribution in [0.1, 0.15) is 18.1 Å².